The quantitative estimate of drug-likeness (QED) is 0.644. The van der Waals surface area contributed by atoms with Gasteiger partial charge in [0.15, 0.2) is 0 Å². The van der Waals surface area contributed by atoms with Gasteiger partial charge in [-0.05, 0) is 43.2 Å². The molecule has 0 heterocycles. The van der Waals surface area contributed by atoms with Crippen molar-refractivity contribution in [1.82, 2.24) is 5.32 Å². The smallest absolute Gasteiger partial charge is 0.0320 e. The highest BCUT2D eigenvalue weighted by molar-refractivity contribution is 5.18. The van der Waals surface area contributed by atoms with Gasteiger partial charge in [0.1, 0.15) is 0 Å². The van der Waals surface area contributed by atoms with Crippen molar-refractivity contribution in [3.63, 3.8) is 0 Å². The summed E-state index contributed by atoms with van der Waals surface area (Å²) in [7, 11) is 0. The van der Waals surface area contributed by atoms with E-state index in [4.69, 9.17) is 0 Å². The molecule has 1 atom stereocenters. The SMILES string of the molecule is CCCCC(NCC1CCC(CC)CC1)c1ccccc1. The Morgan fingerprint density at radius 3 is 2.29 bits per heavy atom. The van der Waals surface area contributed by atoms with E-state index in [1.807, 2.05) is 0 Å². The van der Waals surface area contributed by atoms with Crippen molar-refractivity contribution in [2.45, 2.75) is 71.3 Å². The summed E-state index contributed by atoms with van der Waals surface area (Å²) in [4.78, 5) is 0. The van der Waals surface area contributed by atoms with Crippen LogP contribution in [0.3, 0.4) is 0 Å². The standard InChI is InChI=1S/C20H33N/c1-3-5-11-20(19-9-7-6-8-10-19)21-16-18-14-12-17(4-2)13-15-18/h6-10,17-18,20-21H,3-5,11-16H2,1-2H3. The zero-order valence-electron chi connectivity index (χ0n) is 14.0. The summed E-state index contributed by atoms with van der Waals surface area (Å²) in [6.07, 6.45) is 11.0. The molecule has 0 radical (unpaired) electrons. The van der Waals surface area contributed by atoms with E-state index in [1.54, 1.807) is 0 Å². The Balaban J connectivity index is 1.82. The topological polar surface area (TPSA) is 12.0 Å². The summed E-state index contributed by atoms with van der Waals surface area (Å²) in [5.74, 6) is 1.91. The van der Waals surface area contributed by atoms with Gasteiger partial charge in [-0.2, -0.15) is 0 Å². The monoisotopic (exact) mass is 287 g/mol. The number of benzene rings is 1. The molecule has 1 aliphatic rings. The van der Waals surface area contributed by atoms with E-state index < -0.39 is 0 Å². The molecular weight excluding hydrogens is 254 g/mol. The van der Waals surface area contributed by atoms with Crippen LogP contribution < -0.4 is 5.32 Å². The highest BCUT2D eigenvalue weighted by Crippen LogP contribution is 2.31. The number of hydrogen-bond acceptors (Lipinski definition) is 1. The van der Waals surface area contributed by atoms with Crippen LogP contribution in [0.25, 0.3) is 0 Å². The van der Waals surface area contributed by atoms with Gasteiger partial charge in [-0.15, -0.1) is 0 Å². The molecule has 21 heavy (non-hydrogen) atoms. The minimum atomic E-state index is 0.551. The molecule has 0 saturated heterocycles. The normalized spacial score (nSPS) is 23.9. The zero-order valence-corrected chi connectivity index (χ0v) is 14.0. The van der Waals surface area contributed by atoms with E-state index in [-0.39, 0.29) is 0 Å². The van der Waals surface area contributed by atoms with Crippen LogP contribution in [-0.2, 0) is 0 Å². The van der Waals surface area contributed by atoms with Crippen molar-refractivity contribution in [3.8, 4) is 0 Å². The average Bonchev–Trinajstić information content (AvgIpc) is 2.56. The maximum atomic E-state index is 3.87. The lowest BCUT2D eigenvalue weighted by Gasteiger charge is -2.29. The molecule has 1 N–H and O–H groups in total. The van der Waals surface area contributed by atoms with Crippen LogP contribution in [-0.4, -0.2) is 6.54 Å². The summed E-state index contributed by atoms with van der Waals surface area (Å²) >= 11 is 0. The Bertz CT molecular complexity index is 365. The number of unbranched alkanes of at least 4 members (excludes halogenated alkanes) is 1. The van der Waals surface area contributed by atoms with Crippen molar-refractivity contribution in [1.29, 1.82) is 0 Å². The van der Waals surface area contributed by atoms with Gasteiger partial charge in [0.05, 0.1) is 0 Å². The fraction of sp³-hybridized carbons (Fsp3) is 0.700. The van der Waals surface area contributed by atoms with Crippen molar-refractivity contribution < 1.29 is 0 Å². The third-order valence-corrected chi connectivity index (χ3v) is 5.24. The van der Waals surface area contributed by atoms with Crippen LogP contribution in [0, 0.1) is 11.8 Å². The Hall–Kier alpha value is -0.820. The summed E-state index contributed by atoms with van der Waals surface area (Å²) in [6.45, 7) is 5.84. The zero-order chi connectivity index (χ0) is 14.9. The van der Waals surface area contributed by atoms with Gasteiger partial charge in [0.25, 0.3) is 0 Å². The average molecular weight is 287 g/mol. The maximum absolute atomic E-state index is 3.87. The number of hydrogen-bond donors (Lipinski definition) is 1. The second kappa shape index (κ2) is 9.25. The molecule has 1 fully saturated rings. The van der Waals surface area contributed by atoms with Gasteiger partial charge in [-0.3, -0.25) is 0 Å². The van der Waals surface area contributed by atoms with Crippen LogP contribution in [0.5, 0.6) is 0 Å². The lowest BCUT2D eigenvalue weighted by atomic mass is 9.80. The molecule has 0 amide bonds. The minimum absolute atomic E-state index is 0.551. The fourth-order valence-corrected chi connectivity index (χ4v) is 3.63. The second-order valence-electron chi connectivity index (χ2n) is 6.81. The Morgan fingerprint density at radius 2 is 1.67 bits per heavy atom. The third kappa shape index (κ3) is 5.47. The largest absolute Gasteiger partial charge is 0.310 e. The van der Waals surface area contributed by atoms with Crippen LogP contribution >= 0.6 is 0 Å². The second-order valence-corrected chi connectivity index (χ2v) is 6.81. The Labute approximate surface area is 131 Å². The first-order chi connectivity index (χ1) is 10.3. The number of rotatable bonds is 8. The van der Waals surface area contributed by atoms with Crippen molar-refractivity contribution in [3.05, 3.63) is 35.9 Å². The van der Waals surface area contributed by atoms with Gasteiger partial charge in [0.2, 0.25) is 0 Å². The van der Waals surface area contributed by atoms with Gasteiger partial charge >= 0.3 is 0 Å². The predicted octanol–water partition coefficient (Wildman–Crippen LogP) is 5.72. The van der Waals surface area contributed by atoms with E-state index in [0.717, 1.165) is 11.8 Å². The molecule has 0 bridgehead atoms. The van der Waals surface area contributed by atoms with Gasteiger partial charge in [-0.25, -0.2) is 0 Å². The lowest BCUT2D eigenvalue weighted by Crippen LogP contribution is -2.29. The fourth-order valence-electron chi connectivity index (χ4n) is 3.63. The first-order valence-electron chi connectivity index (χ1n) is 9.11. The highest BCUT2D eigenvalue weighted by Gasteiger charge is 2.21. The molecule has 1 heteroatoms. The lowest BCUT2D eigenvalue weighted by molar-refractivity contribution is 0.255. The van der Waals surface area contributed by atoms with Crippen molar-refractivity contribution >= 4 is 0 Å². The van der Waals surface area contributed by atoms with Crippen LogP contribution in [0.2, 0.25) is 0 Å². The van der Waals surface area contributed by atoms with E-state index in [2.05, 4.69) is 49.5 Å². The summed E-state index contributed by atoms with van der Waals surface area (Å²) in [5.41, 5.74) is 1.47. The first kappa shape index (κ1) is 16.5. The maximum Gasteiger partial charge on any atom is 0.0320 e. The Morgan fingerprint density at radius 1 is 1.00 bits per heavy atom. The number of nitrogens with one attached hydrogen (secondary N) is 1. The predicted molar refractivity (Wildman–Crippen MR) is 92.4 cm³/mol. The molecule has 1 unspecified atom stereocenters. The van der Waals surface area contributed by atoms with Gasteiger partial charge < -0.3 is 5.32 Å². The van der Waals surface area contributed by atoms with Crippen LogP contribution in [0.15, 0.2) is 30.3 Å². The van der Waals surface area contributed by atoms with E-state index in [9.17, 15) is 0 Å². The summed E-state index contributed by atoms with van der Waals surface area (Å²) in [6, 6.07) is 11.6. The molecule has 2 rings (SSSR count). The molecule has 1 aliphatic carbocycles. The summed E-state index contributed by atoms with van der Waals surface area (Å²) in [5, 5.41) is 3.87. The van der Waals surface area contributed by atoms with E-state index >= 15 is 0 Å². The molecule has 1 aromatic carbocycles. The molecule has 0 spiro atoms. The third-order valence-electron chi connectivity index (χ3n) is 5.24. The van der Waals surface area contributed by atoms with Gasteiger partial charge in [0, 0.05) is 6.04 Å². The molecule has 1 saturated carbocycles. The van der Waals surface area contributed by atoms with E-state index in [0.29, 0.717) is 6.04 Å². The highest BCUT2D eigenvalue weighted by atomic mass is 14.9. The molecule has 118 valence electrons. The molecule has 0 aliphatic heterocycles. The van der Waals surface area contributed by atoms with Crippen LogP contribution in [0.1, 0.15) is 76.8 Å². The Kier molecular flexibility index (Phi) is 7.29. The van der Waals surface area contributed by atoms with Crippen LogP contribution in [0.4, 0.5) is 0 Å². The molecule has 1 nitrogen and oxygen atoms in total. The molecule has 1 aromatic rings. The minimum Gasteiger partial charge on any atom is -0.310 e. The van der Waals surface area contributed by atoms with E-state index in [1.165, 1.54) is 63.5 Å². The molecular formula is C20H33N. The first-order valence-corrected chi connectivity index (χ1v) is 9.11. The summed E-state index contributed by atoms with van der Waals surface area (Å²) < 4.78 is 0. The van der Waals surface area contributed by atoms with Crippen molar-refractivity contribution in [2.24, 2.45) is 11.8 Å². The van der Waals surface area contributed by atoms with Gasteiger partial charge in [-0.1, -0.05) is 76.3 Å². The van der Waals surface area contributed by atoms with Crippen molar-refractivity contribution in [2.75, 3.05) is 6.54 Å². The molecule has 0 aromatic heterocycles.